The fraction of sp³-hybridized carbons (Fsp3) is 0.467. The number of halogens is 4. The fourth-order valence-corrected chi connectivity index (χ4v) is 7.21. The number of benzene rings is 2. The van der Waals surface area contributed by atoms with Gasteiger partial charge in [-0.25, -0.2) is 17.6 Å². The second kappa shape index (κ2) is 10.1. The molecular weight excluding hydrogens is 556 g/mol. The summed E-state index contributed by atoms with van der Waals surface area (Å²) in [6.45, 7) is 0.499. The summed E-state index contributed by atoms with van der Waals surface area (Å²) in [5, 5.41) is 27.0. The molecule has 8 nitrogen and oxygen atoms in total. The highest BCUT2D eigenvalue weighted by molar-refractivity contribution is 6.01. The average molecular weight is 585 g/mol. The first-order valence-corrected chi connectivity index (χ1v) is 14.0. The van der Waals surface area contributed by atoms with E-state index >= 15 is 8.78 Å². The number of carbonyl (C=O) groups excluding carboxylic acids is 3. The lowest BCUT2D eigenvalue weighted by atomic mass is 9.70. The Morgan fingerprint density at radius 1 is 1.10 bits per heavy atom. The third-order valence-electron chi connectivity index (χ3n) is 9.17. The monoisotopic (exact) mass is 584 g/mol. The molecule has 0 spiro atoms. The van der Waals surface area contributed by atoms with Crippen molar-refractivity contribution >= 4 is 17.7 Å². The van der Waals surface area contributed by atoms with Crippen LogP contribution in [0.25, 0.3) is 11.1 Å². The van der Waals surface area contributed by atoms with E-state index in [9.17, 15) is 33.5 Å². The summed E-state index contributed by atoms with van der Waals surface area (Å²) in [5.74, 6) is -9.48. The van der Waals surface area contributed by atoms with Crippen molar-refractivity contribution in [3.05, 3.63) is 59.2 Å². The minimum Gasteiger partial charge on any atom is -0.372 e. The Hall–Kier alpha value is -3.98. The van der Waals surface area contributed by atoms with Gasteiger partial charge in [-0.15, -0.1) is 0 Å². The number of alkyl halides is 2. The molecule has 2 aliphatic carbocycles. The summed E-state index contributed by atoms with van der Waals surface area (Å²) in [7, 11) is 0. The van der Waals surface area contributed by atoms with E-state index in [2.05, 4.69) is 10.6 Å². The zero-order valence-electron chi connectivity index (χ0n) is 22.4. The highest BCUT2D eigenvalue weighted by atomic mass is 19.3. The lowest BCUT2D eigenvalue weighted by molar-refractivity contribution is -0.201. The molecule has 0 unspecified atom stereocenters. The number of hydrogen-bond donors (Lipinski definition) is 3. The van der Waals surface area contributed by atoms with Gasteiger partial charge >= 0.3 is 0 Å². The van der Waals surface area contributed by atoms with Crippen LogP contribution in [-0.2, 0) is 20.0 Å². The van der Waals surface area contributed by atoms with Crippen LogP contribution in [-0.4, -0.2) is 58.3 Å². The Balaban J connectivity index is 1.38. The lowest BCUT2D eigenvalue weighted by Crippen LogP contribution is -2.70. The van der Waals surface area contributed by atoms with Crippen molar-refractivity contribution in [1.82, 2.24) is 15.5 Å². The molecule has 3 aliphatic heterocycles. The van der Waals surface area contributed by atoms with Crippen molar-refractivity contribution in [3.8, 4) is 17.2 Å². The molecule has 2 aromatic rings. The Kier molecular flexibility index (Phi) is 6.76. The van der Waals surface area contributed by atoms with Crippen molar-refractivity contribution in [3.63, 3.8) is 0 Å². The first kappa shape index (κ1) is 28.2. The predicted octanol–water partition coefficient (Wildman–Crippen LogP) is 3.12. The molecule has 0 radical (unpaired) electrons. The molecule has 3 N–H and O–H groups in total. The predicted molar refractivity (Wildman–Crippen MR) is 139 cm³/mol. The van der Waals surface area contributed by atoms with Gasteiger partial charge in [0.25, 0.3) is 11.8 Å². The van der Waals surface area contributed by atoms with Crippen LogP contribution < -0.4 is 10.6 Å². The number of fused-ring (bicyclic) bond motifs is 6. The minimum absolute atomic E-state index is 0.0392. The van der Waals surface area contributed by atoms with Gasteiger partial charge in [0, 0.05) is 36.1 Å². The number of nitrogens with one attached hydrogen (secondary N) is 2. The summed E-state index contributed by atoms with van der Waals surface area (Å²) < 4.78 is 59.4. The van der Waals surface area contributed by atoms with E-state index in [1.165, 1.54) is 12.1 Å². The van der Waals surface area contributed by atoms with Crippen molar-refractivity contribution < 1.29 is 37.1 Å². The van der Waals surface area contributed by atoms with Gasteiger partial charge in [0.15, 0.2) is 5.60 Å². The second-order valence-electron chi connectivity index (χ2n) is 11.6. The third kappa shape index (κ3) is 4.33. The SMILES string of the molecule is N#C[C@H](C[C@@H]1CCCNC1=O)NC(=O)[C@@H]1[C@@H]2CC[C@@H](CC2(F)F)N1C(=O)C1(O)c2cc(F)ccc2-c2ccc(F)cc21. The molecule has 1 saturated carbocycles. The molecule has 3 amide bonds. The molecular formula is C30H28F4N4O4. The van der Waals surface area contributed by atoms with E-state index in [1.54, 1.807) is 0 Å². The summed E-state index contributed by atoms with van der Waals surface area (Å²) in [5.41, 5.74) is -2.48. The zero-order chi connectivity index (χ0) is 30.0. The second-order valence-corrected chi connectivity index (χ2v) is 11.6. The molecule has 2 aromatic carbocycles. The van der Waals surface area contributed by atoms with Gasteiger partial charge in [-0.3, -0.25) is 14.4 Å². The van der Waals surface area contributed by atoms with Gasteiger partial charge in [0.05, 0.1) is 12.0 Å². The van der Waals surface area contributed by atoms with Gasteiger partial charge in [0.2, 0.25) is 11.8 Å². The Labute approximate surface area is 238 Å². The standard InChI is InChI=1S/C30H28F4N4O4/c31-16-3-6-20-21-7-4-17(32)12-24(21)30(42,23(20)11-16)28(41)38-19-5-8-22(29(33,34)13-19)25(38)27(40)37-18(14-35)10-15-2-1-9-36-26(15)39/h3-4,6-7,11-12,15,18-19,22,25,42H,1-2,5,8-10,13H2,(H,36,39)(H,37,40)/t15-,18-,19-,22-,25-/m0/s1. The Bertz CT molecular complexity index is 1470. The molecule has 5 aliphatic rings. The highest BCUT2D eigenvalue weighted by Gasteiger charge is 2.63. The molecule has 12 heteroatoms. The van der Waals surface area contributed by atoms with Crippen molar-refractivity contribution in [2.45, 2.75) is 68.2 Å². The highest BCUT2D eigenvalue weighted by Crippen LogP contribution is 2.54. The van der Waals surface area contributed by atoms with Crippen molar-refractivity contribution in [2.75, 3.05) is 6.54 Å². The molecule has 220 valence electrons. The van der Waals surface area contributed by atoms with Crippen LogP contribution in [0.3, 0.4) is 0 Å². The largest absolute Gasteiger partial charge is 0.372 e. The smallest absolute Gasteiger partial charge is 0.264 e. The van der Waals surface area contributed by atoms with Crippen LogP contribution in [0.5, 0.6) is 0 Å². The third-order valence-corrected chi connectivity index (χ3v) is 9.17. The first-order valence-electron chi connectivity index (χ1n) is 14.0. The van der Waals surface area contributed by atoms with E-state index < -0.39 is 71.4 Å². The summed E-state index contributed by atoms with van der Waals surface area (Å²) in [4.78, 5) is 41.3. The zero-order valence-corrected chi connectivity index (χ0v) is 22.4. The number of nitriles is 1. The first-order chi connectivity index (χ1) is 20.0. The topological polar surface area (TPSA) is 123 Å². The van der Waals surface area contributed by atoms with Gasteiger partial charge in [0.1, 0.15) is 23.7 Å². The molecule has 3 saturated heterocycles. The van der Waals surface area contributed by atoms with Gasteiger partial charge in [-0.1, -0.05) is 12.1 Å². The van der Waals surface area contributed by atoms with E-state index in [4.69, 9.17) is 0 Å². The van der Waals surface area contributed by atoms with Crippen LogP contribution in [0, 0.1) is 34.8 Å². The quantitative estimate of drug-likeness (QED) is 0.467. The van der Waals surface area contributed by atoms with E-state index in [0.717, 1.165) is 29.2 Å². The van der Waals surface area contributed by atoms with Crippen molar-refractivity contribution in [2.24, 2.45) is 11.8 Å². The van der Waals surface area contributed by atoms with Crippen LogP contribution in [0.1, 0.15) is 49.7 Å². The van der Waals surface area contributed by atoms with Crippen LogP contribution >= 0.6 is 0 Å². The van der Waals surface area contributed by atoms with E-state index in [1.807, 2.05) is 6.07 Å². The maximum atomic E-state index is 15.2. The number of amides is 3. The maximum absolute atomic E-state index is 15.2. The van der Waals surface area contributed by atoms with Gasteiger partial charge < -0.3 is 20.6 Å². The Morgan fingerprint density at radius 2 is 1.74 bits per heavy atom. The van der Waals surface area contributed by atoms with Gasteiger partial charge in [-0.05, 0) is 67.5 Å². The van der Waals surface area contributed by atoms with Crippen LogP contribution in [0.2, 0.25) is 0 Å². The summed E-state index contributed by atoms with van der Waals surface area (Å²) in [6.07, 6.45) is 0.432. The van der Waals surface area contributed by atoms with Crippen molar-refractivity contribution in [1.29, 1.82) is 5.26 Å². The summed E-state index contributed by atoms with van der Waals surface area (Å²) in [6, 6.07) is 4.60. The van der Waals surface area contributed by atoms with Gasteiger partial charge in [-0.2, -0.15) is 5.26 Å². The molecule has 4 fully saturated rings. The van der Waals surface area contributed by atoms with E-state index in [0.29, 0.717) is 19.4 Å². The number of aliphatic hydroxyl groups is 1. The van der Waals surface area contributed by atoms with Crippen LogP contribution in [0.4, 0.5) is 17.6 Å². The number of piperidine rings is 3. The normalized spacial score (nSPS) is 27.3. The molecule has 5 atom stereocenters. The average Bonchev–Trinajstić information content (AvgIpc) is 3.20. The molecule has 3 heterocycles. The molecule has 0 aromatic heterocycles. The Morgan fingerprint density at radius 3 is 2.31 bits per heavy atom. The molecule has 42 heavy (non-hydrogen) atoms. The number of rotatable bonds is 5. The summed E-state index contributed by atoms with van der Waals surface area (Å²) >= 11 is 0. The molecule has 2 bridgehead atoms. The minimum atomic E-state index is -3.32. The fourth-order valence-electron chi connectivity index (χ4n) is 7.21. The number of nitrogens with zero attached hydrogens (tertiary/aromatic N) is 2. The lowest BCUT2D eigenvalue weighted by Gasteiger charge is -2.54. The molecule has 7 rings (SSSR count). The maximum Gasteiger partial charge on any atom is 0.264 e. The number of hydrogen-bond acceptors (Lipinski definition) is 5. The number of carbonyl (C=O) groups is 3. The van der Waals surface area contributed by atoms with Crippen LogP contribution in [0.15, 0.2) is 36.4 Å². The van der Waals surface area contributed by atoms with E-state index in [-0.39, 0.29) is 47.4 Å².